The minimum Gasteiger partial charge on any atom is -0.394 e. The van der Waals surface area contributed by atoms with Gasteiger partial charge in [0.05, 0.1) is 30.1 Å². The molecule has 1 saturated carbocycles. The van der Waals surface area contributed by atoms with Crippen LogP contribution in [0.3, 0.4) is 0 Å². The summed E-state index contributed by atoms with van der Waals surface area (Å²) in [6, 6.07) is 16.9. The molecule has 212 valence electrons. The lowest BCUT2D eigenvalue weighted by Crippen LogP contribution is -2.57. The summed E-state index contributed by atoms with van der Waals surface area (Å²) >= 11 is 0. The summed E-state index contributed by atoms with van der Waals surface area (Å²) in [6.45, 7) is 1.65. The molecule has 2 unspecified atom stereocenters. The van der Waals surface area contributed by atoms with Crippen LogP contribution in [0, 0.1) is 11.8 Å². The Morgan fingerprint density at radius 3 is 2.33 bits per heavy atom. The van der Waals surface area contributed by atoms with E-state index < -0.39 is 35.1 Å². The number of aliphatic hydroxyl groups is 1. The van der Waals surface area contributed by atoms with Crippen LogP contribution in [-0.4, -0.2) is 57.6 Å². The lowest BCUT2D eigenvalue weighted by atomic mass is 9.65. The van der Waals surface area contributed by atoms with Gasteiger partial charge in [-0.2, -0.15) is 0 Å². The van der Waals surface area contributed by atoms with Crippen molar-refractivity contribution in [2.75, 3.05) is 11.9 Å². The van der Waals surface area contributed by atoms with Crippen LogP contribution in [0.25, 0.3) is 0 Å². The van der Waals surface area contributed by atoms with Crippen molar-refractivity contribution in [2.24, 2.45) is 11.8 Å². The number of benzene rings is 2. The molecule has 2 bridgehead atoms. The van der Waals surface area contributed by atoms with Gasteiger partial charge in [-0.15, -0.1) is 0 Å². The zero-order chi connectivity index (χ0) is 27.9. The molecule has 1 spiro atoms. The molecule has 0 aromatic heterocycles. The third-order valence-electron chi connectivity index (χ3n) is 9.84. The fourth-order valence-corrected chi connectivity index (χ4v) is 7.99. The van der Waals surface area contributed by atoms with Crippen LogP contribution >= 0.6 is 0 Å². The SMILES string of the molecule is CC[C@]12CCC3(O1)C(C(=O)NC1CCCCC1)N([C@H](CO)c1ccccc1)C(=O)[C@@H]3[C@H]2C(=O)Nc1ccccc1. The van der Waals surface area contributed by atoms with Crippen LogP contribution in [0.4, 0.5) is 5.69 Å². The van der Waals surface area contributed by atoms with Crippen LogP contribution in [0.2, 0.25) is 0 Å². The Hall–Kier alpha value is -3.23. The fourth-order valence-electron chi connectivity index (χ4n) is 7.99. The number of hydrogen-bond acceptors (Lipinski definition) is 5. The Kier molecular flexibility index (Phi) is 7.17. The Morgan fingerprint density at radius 1 is 1.00 bits per heavy atom. The summed E-state index contributed by atoms with van der Waals surface area (Å²) in [5, 5.41) is 16.9. The number of aliphatic hydroxyl groups excluding tert-OH is 1. The number of likely N-dealkylation sites (tertiary alicyclic amines) is 1. The number of carbonyl (C=O) groups is 3. The molecule has 3 saturated heterocycles. The second kappa shape index (κ2) is 10.6. The first-order chi connectivity index (χ1) is 19.4. The first-order valence-electron chi connectivity index (χ1n) is 14.8. The maximum atomic E-state index is 14.6. The highest BCUT2D eigenvalue weighted by atomic mass is 16.5. The number of carbonyl (C=O) groups excluding carboxylic acids is 3. The van der Waals surface area contributed by atoms with E-state index in [1.165, 1.54) is 0 Å². The van der Waals surface area contributed by atoms with Crippen LogP contribution in [-0.2, 0) is 19.1 Å². The van der Waals surface area contributed by atoms with Crippen LogP contribution < -0.4 is 10.6 Å². The van der Waals surface area contributed by atoms with Crippen molar-refractivity contribution in [1.29, 1.82) is 0 Å². The lowest BCUT2D eigenvalue weighted by Gasteiger charge is -2.38. The minimum atomic E-state index is -1.13. The normalized spacial score (nSPS) is 32.1. The Labute approximate surface area is 235 Å². The number of hydrogen-bond donors (Lipinski definition) is 3. The van der Waals surface area contributed by atoms with Crippen molar-refractivity contribution in [3.05, 3.63) is 66.2 Å². The molecule has 3 N–H and O–H groups in total. The van der Waals surface area contributed by atoms with Gasteiger partial charge < -0.3 is 25.4 Å². The van der Waals surface area contributed by atoms with Crippen molar-refractivity contribution in [3.63, 3.8) is 0 Å². The van der Waals surface area contributed by atoms with Gasteiger partial charge in [0, 0.05) is 11.7 Å². The molecule has 8 nitrogen and oxygen atoms in total. The summed E-state index contributed by atoms with van der Waals surface area (Å²) < 4.78 is 6.88. The molecule has 2 aromatic rings. The van der Waals surface area contributed by atoms with Gasteiger partial charge in [-0.3, -0.25) is 14.4 Å². The molecule has 40 heavy (non-hydrogen) atoms. The number of ether oxygens (including phenoxy) is 1. The van der Waals surface area contributed by atoms with Crippen molar-refractivity contribution in [2.45, 2.75) is 87.6 Å². The predicted molar refractivity (Wildman–Crippen MR) is 150 cm³/mol. The number of fused-ring (bicyclic) bond motifs is 1. The van der Waals surface area contributed by atoms with Gasteiger partial charge in [0.2, 0.25) is 17.7 Å². The second-order valence-corrected chi connectivity index (χ2v) is 11.9. The number of rotatable bonds is 8. The highest BCUT2D eigenvalue weighted by molar-refractivity contribution is 6.02. The van der Waals surface area contributed by atoms with Gasteiger partial charge in [0.15, 0.2) is 0 Å². The van der Waals surface area contributed by atoms with Gasteiger partial charge in [-0.25, -0.2) is 0 Å². The number of anilines is 1. The minimum absolute atomic E-state index is 0.0499. The molecule has 1 aliphatic carbocycles. The standard InChI is InChI=1S/C32H39N3O5/c1-2-31-18-19-32(40-31)26(25(31)28(37)33-22-14-8-4-9-15-22)30(39)35(24(20-36)21-12-6-3-7-13-21)27(32)29(38)34-23-16-10-5-11-17-23/h3-4,6-9,12-15,23-27,36H,2,5,10-11,16-20H2,1H3,(H,33,37)(H,34,38)/t24-,25+,26+,27?,31-,32?/m1/s1. The smallest absolute Gasteiger partial charge is 0.246 e. The fraction of sp³-hybridized carbons (Fsp3) is 0.531. The molecule has 3 heterocycles. The van der Waals surface area contributed by atoms with E-state index >= 15 is 0 Å². The zero-order valence-corrected chi connectivity index (χ0v) is 23.1. The van der Waals surface area contributed by atoms with E-state index in [1.54, 1.807) is 4.90 Å². The predicted octanol–water partition coefficient (Wildman–Crippen LogP) is 3.96. The molecule has 3 aliphatic heterocycles. The van der Waals surface area contributed by atoms with E-state index in [1.807, 2.05) is 67.6 Å². The Bertz CT molecular complexity index is 1250. The summed E-state index contributed by atoms with van der Waals surface area (Å²) in [4.78, 5) is 44.3. The average molecular weight is 546 g/mol. The first-order valence-corrected chi connectivity index (χ1v) is 14.8. The molecule has 4 aliphatic rings. The Balaban J connectivity index is 1.41. The van der Waals surface area contributed by atoms with Crippen LogP contribution in [0.1, 0.15) is 69.9 Å². The van der Waals surface area contributed by atoms with E-state index in [2.05, 4.69) is 10.6 Å². The molecule has 8 heteroatoms. The molecule has 6 atom stereocenters. The van der Waals surface area contributed by atoms with E-state index in [-0.39, 0.29) is 30.4 Å². The molecule has 0 radical (unpaired) electrons. The van der Waals surface area contributed by atoms with Gasteiger partial charge >= 0.3 is 0 Å². The monoisotopic (exact) mass is 545 g/mol. The van der Waals surface area contributed by atoms with Gasteiger partial charge in [0.25, 0.3) is 0 Å². The zero-order valence-electron chi connectivity index (χ0n) is 23.1. The number of nitrogens with one attached hydrogen (secondary N) is 2. The summed E-state index contributed by atoms with van der Waals surface area (Å²) in [7, 11) is 0. The maximum absolute atomic E-state index is 14.6. The number of para-hydroxylation sites is 1. The molecule has 4 fully saturated rings. The van der Waals surface area contributed by atoms with E-state index in [9.17, 15) is 19.5 Å². The topological polar surface area (TPSA) is 108 Å². The largest absolute Gasteiger partial charge is 0.394 e. The molecule has 6 rings (SSSR count). The summed E-state index contributed by atoms with van der Waals surface area (Å²) in [5.41, 5.74) is -0.555. The average Bonchev–Trinajstić information content (AvgIpc) is 3.59. The van der Waals surface area contributed by atoms with E-state index in [0.29, 0.717) is 24.9 Å². The second-order valence-electron chi connectivity index (χ2n) is 11.9. The third-order valence-corrected chi connectivity index (χ3v) is 9.84. The molecule has 2 aromatic carbocycles. The quantitative estimate of drug-likeness (QED) is 0.466. The van der Waals surface area contributed by atoms with E-state index in [4.69, 9.17) is 4.74 Å². The van der Waals surface area contributed by atoms with E-state index in [0.717, 1.165) is 37.7 Å². The summed E-state index contributed by atoms with van der Waals surface area (Å²) in [5.74, 6) is -2.36. The molecular weight excluding hydrogens is 506 g/mol. The highest BCUT2D eigenvalue weighted by Gasteiger charge is 2.79. The number of amides is 3. The van der Waals surface area contributed by atoms with Crippen molar-refractivity contribution >= 4 is 23.4 Å². The van der Waals surface area contributed by atoms with Crippen LogP contribution in [0.5, 0.6) is 0 Å². The van der Waals surface area contributed by atoms with Crippen molar-refractivity contribution in [1.82, 2.24) is 10.2 Å². The van der Waals surface area contributed by atoms with Gasteiger partial charge in [0.1, 0.15) is 11.6 Å². The Morgan fingerprint density at radius 2 is 1.68 bits per heavy atom. The van der Waals surface area contributed by atoms with Crippen molar-refractivity contribution in [3.8, 4) is 0 Å². The maximum Gasteiger partial charge on any atom is 0.246 e. The third kappa shape index (κ3) is 4.23. The van der Waals surface area contributed by atoms with Gasteiger partial charge in [-0.1, -0.05) is 74.7 Å². The number of nitrogens with zero attached hydrogens (tertiary/aromatic N) is 1. The lowest BCUT2D eigenvalue weighted by molar-refractivity contribution is -0.150. The van der Waals surface area contributed by atoms with Crippen LogP contribution in [0.15, 0.2) is 60.7 Å². The van der Waals surface area contributed by atoms with Gasteiger partial charge in [-0.05, 0) is 49.8 Å². The molecular formula is C32H39N3O5. The summed E-state index contributed by atoms with van der Waals surface area (Å²) in [6.07, 6.45) is 6.77. The highest BCUT2D eigenvalue weighted by Crippen LogP contribution is 2.65. The molecule has 3 amide bonds. The van der Waals surface area contributed by atoms with Crippen molar-refractivity contribution < 1.29 is 24.2 Å². The first kappa shape index (κ1) is 27.0.